The van der Waals surface area contributed by atoms with Gasteiger partial charge in [0, 0.05) is 23.9 Å². The fourth-order valence-electron chi connectivity index (χ4n) is 3.26. The highest BCUT2D eigenvalue weighted by Gasteiger charge is 2.28. The van der Waals surface area contributed by atoms with E-state index in [0.717, 1.165) is 6.42 Å². The highest BCUT2D eigenvalue weighted by atomic mass is 19.1. The van der Waals surface area contributed by atoms with E-state index in [4.69, 9.17) is 9.47 Å². The van der Waals surface area contributed by atoms with E-state index >= 15 is 0 Å². The fraction of sp³-hybridized carbons (Fsp3) is 0.300. The monoisotopic (exact) mass is 370 g/mol. The lowest BCUT2D eigenvalue weighted by Crippen LogP contribution is -2.38. The molecule has 0 spiro atoms. The first-order valence-corrected chi connectivity index (χ1v) is 8.85. The van der Waals surface area contributed by atoms with Gasteiger partial charge in [0.1, 0.15) is 17.7 Å². The second-order valence-corrected chi connectivity index (χ2v) is 6.53. The van der Waals surface area contributed by atoms with Crippen molar-refractivity contribution < 1.29 is 23.5 Å². The number of halogens is 1. The van der Waals surface area contributed by atoms with Crippen molar-refractivity contribution in [1.29, 1.82) is 0 Å². The molecule has 4 rings (SSSR count). The molecule has 0 bridgehead atoms. The van der Waals surface area contributed by atoms with E-state index < -0.39 is 6.10 Å². The number of nitrogens with one attached hydrogen (secondary N) is 1. The number of ether oxygens (including phenoxy) is 2. The number of fused-ring (bicyclic) bond motifs is 1. The van der Waals surface area contributed by atoms with Crippen LogP contribution in [0.4, 0.5) is 15.8 Å². The van der Waals surface area contributed by atoms with Gasteiger partial charge in [-0.25, -0.2) is 4.39 Å². The Morgan fingerprint density at radius 2 is 2.11 bits per heavy atom. The minimum absolute atomic E-state index is 0.115. The van der Waals surface area contributed by atoms with Crippen molar-refractivity contribution in [3.8, 4) is 5.75 Å². The molecule has 7 heteroatoms. The maximum Gasteiger partial charge on any atom is 0.265 e. The first-order chi connectivity index (χ1) is 13.1. The van der Waals surface area contributed by atoms with Gasteiger partial charge >= 0.3 is 0 Å². The van der Waals surface area contributed by atoms with Crippen LogP contribution in [0, 0.1) is 5.82 Å². The highest BCUT2D eigenvalue weighted by molar-refractivity contribution is 5.99. The van der Waals surface area contributed by atoms with Crippen LogP contribution >= 0.6 is 0 Å². The molecule has 0 saturated carbocycles. The standard InChI is InChI=1S/C20H19FN2O4/c21-15-5-2-1-4-13(15)11-23-16-8-7-14(10-18(16)27-12-19(23)24)22-20(25)17-6-3-9-26-17/h1-2,4-5,7-8,10,17H,3,6,9,11-12H2,(H,22,25). The van der Waals surface area contributed by atoms with E-state index in [-0.39, 0.29) is 30.8 Å². The van der Waals surface area contributed by atoms with Crippen molar-refractivity contribution >= 4 is 23.2 Å². The van der Waals surface area contributed by atoms with Gasteiger partial charge in [-0.2, -0.15) is 0 Å². The lowest BCUT2D eigenvalue weighted by Gasteiger charge is -2.30. The molecule has 0 radical (unpaired) electrons. The van der Waals surface area contributed by atoms with Gasteiger partial charge in [-0.15, -0.1) is 0 Å². The SMILES string of the molecule is O=C(Nc1ccc2c(c1)OCC(=O)N2Cc1ccccc1F)C1CCCO1. The number of carbonyl (C=O) groups is 2. The Hall–Kier alpha value is -2.93. The zero-order valence-electron chi connectivity index (χ0n) is 14.6. The predicted octanol–water partition coefficient (Wildman–Crippen LogP) is 2.87. The number of hydrogen-bond acceptors (Lipinski definition) is 4. The van der Waals surface area contributed by atoms with Crippen molar-refractivity contribution in [1.82, 2.24) is 0 Å². The maximum absolute atomic E-state index is 14.0. The average Bonchev–Trinajstić information content (AvgIpc) is 3.20. The lowest BCUT2D eigenvalue weighted by atomic mass is 10.1. The van der Waals surface area contributed by atoms with Gasteiger partial charge in [-0.1, -0.05) is 18.2 Å². The molecule has 0 aliphatic carbocycles. The molecule has 2 aromatic rings. The summed E-state index contributed by atoms with van der Waals surface area (Å²) in [7, 11) is 0. The smallest absolute Gasteiger partial charge is 0.265 e. The summed E-state index contributed by atoms with van der Waals surface area (Å²) >= 11 is 0. The number of rotatable bonds is 4. The third-order valence-corrected chi connectivity index (χ3v) is 4.68. The van der Waals surface area contributed by atoms with Gasteiger partial charge in [-0.05, 0) is 31.0 Å². The number of anilines is 2. The van der Waals surface area contributed by atoms with Crippen molar-refractivity contribution in [2.45, 2.75) is 25.5 Å². The van der Waals surface area contributed by atoms with Crippen molar-refractivity contribution in [2.75, 3.05) is 23.4 Å². The number of carbonyl (C=O) groups excluding carboxylic acids is 2. The second-order valence-electron chi connectivity index (χ2n) is 6.53. The topological polar surface area (TPSA) is 67.9 Å². The van der Waals surface area contributed by atoms with Crippen LogP contribution in [-0.4, -0.2) is 31.1 Å². The molecular formula is C20H19FN2O4. The summed E-state index contributed by atoms with van der Waals surface area (Å²) in [6.07, 6.45) is 1.15. The number of nitrogens with zero attached hydrogens (tertiary/aromatic N) is 1. The van der Waals surface area contributed by atoms with E-state index in [1.807, 2.05) is 0 Å². The minimum atomic E-state index is -0.430. The van der Waals surface area contributed by atoms with E-state index in [1.54, 1.807) is 36.4 Å². The second kappa shape index (κ2) is 7.36. The van der Waals surface area contributed by atoms with Crippen molar-refractivity contribution in [3.05, 3.63) is 53.8 Å². The molecule has 6 nitrogen and oxygen atoms in total. The van der Waals surface area contributed by atoms with Crippen LogP contribution in [0.15, 0.2) is 42.5 Å². The third kappa shape index (κ3) is 3.64. The lowest BCUT2D eigenvalue weighted by molar-refractivity contribution is -0.124. The average molecular weight is 370 g/mol. The van der Waals surface area contributed by atoms with Gasteiger partial charge in [0.05, 0.1) is 12.2 Å². The zero-order valence-corrected chi connectivity index (χ0v) is 14.6. The first-order valence-electron chi connectivity index (χ1n) is 8.85. The third-order valence-electron chi connectivity index (χ3n) is 4.68. The number of hydrogen-bond donors (Lipinski definition) is 1. The van der Waals surface area contributed by atoms with Crippen molar-refractivity contribution in [3.63, 3.8) is 0 Å². The van der Waals surface area contributed by atoms with Gasteiger partial charge < -0.3 is 19.7 Å². The van der Waals surface area contributed by atoms with Crippen LogP contribution in [0.25, 0.3) is 0 Å². The van der Waals surface area contributed by atoms with E-state index in [1.165, 1.54) is 11.0 Å². The molecule has 2 heterocycles. The molecule has 0 aromatic heterocycles. The molecule has 1 fully saturated rings. The van der Waals surface area contributed by atoms with Crippen molar-refractivity contribution in [2.24, 2.45) is 0 Å². The summed E-state index contributed by atoms with van der Waals surface area (Å²) in [5.41, 5.74) is 1.54. The summed E-state index contributed by atoms with van der Waals surface area (Å²) < 4.78 is 24.9. The largest absolute Gasteiger partial charge is 0.481 e. The summed E-state index contributed by atoms with van der Waals surface area (Å²) in [6.45, 7) is 0.576. The van der Waals surface area contributed by atoms with Crippen LogP contribution in [0.2, 0.25) is 0 Å². The molecular weight excluding hydrogens is 351 g/mol. The van der Waals surface area contributed by atoms with E-state index in [9.17, 15) is 14.0 Å². The fourth-order valence-corrected chi connectivity index (χ4v) is 3.26. The van der Waals surface area contributed by atoms with Crippen LogP contribution < -0.4 is 15.0 Å². The Balaban J connectivity index is 1.55. The van der Waals surface area contributed by atoms with Crippen LogP contribution in [0.1, 0.15) is 18.4 Å². The van der Waals surface area contributed by atoms with Gasteiger partial charge in [0.15, 0.2) is 6.61 Å². The Labute approximate surface area is 155 Å². The number of benzene rings is 2. The summed E-state index contributed by atoms with van der Waals surface area (Å²) in [5.74, 6) is -0.334. The Morgan fingerprint density at radius 3 is 2.89 bits per heavy atom. The highest BCUT2D eigenvalue weighted by Crippen LogP contribution is 2.35. The Bertz CT molecular complexity index is 880. The molecule has 2 aliphatic rings. The quantitative estimate of drug-likeness (QED) is 0.899. The number of amides is 2. The minimum Gasteiger partial charge on any atom is -0.481 e. The molecule has 2 aromatic carbocycles. The molecule has 2 aliphatic heterocycles. The normalized spacial score (nSPS) is 18.8. The molecule has 1 N–H and O–H groups in total. The Morgan fingerprint density at radius 1 is 1.26 bits per heavy atom. The van der Waals surface area contributed by atoms with E-state index in [2.05, 4.69) is 5.32 Å². The predicted molar refractivity (Wildman–Crippen MR) is 97.1 cm³/mol. The summed E-state index contributed by atoms with van der Waals surface area (Å²) in [5, 5.41) is 2.81. The van der Waals surface area contributed by atoms with Gasteiger partial charge in [0.2, 0.25) is 0 Å². The molecule has 1 atom stereocenters. The molecule has 140 valence electrons. The van der Waals surface area contributed by atoms with Crippen LogP contribution in [0.3, 0.4) is 0 Å². The zero-order chi connectivity index (χ0) is 18.8. The van der Waals surface area contributed by atoms with E-state index in [0.29, 0.717) is 35.7 Å². The molecule has 1 saturated heterocycles. The maximum atomic E-state index is 14.0. The summed E-state index contributed by atoms with van der Waals surface area (Å²) in [6, 6.07) is 11.4. The summed E-state index contributed by atoms with van der Waals surface area (Å²) in [4.78, 5) is 26.0. The first kappa shape index (κ1) is 17.5. The van der Waals surface area contributed by atoms with Gasteiger partial charge in [0.25, 0.3) is 11.8 Å². The van der Waals surface area contributed by atoms with Gasteiger partial charge in [-0.3, -0.25) is 9.59 Å². The molecule has 1 unspecified atom stereocenters. The van der Waals surface area contributed by atoms with Crippen LogP contribution in [0.5, 0.6) is 5.75 Å². The van der Waals surface area contributed by atoms with Crippen LogP contribution in [-0.2, 0) is 20.9 Å². The Kier molecular flexibility index (Phi) is 4.77. The molecule has 2 amide bonds. The molecule has 27 heavy (non-hydrogen) atoms.